The van der Waals surface area contributed by atoms with E-state index in [2.05, 4.69) is 11.4 Å². The number of nitrogens with zero attached hydrogens (tertiary/aromatic N) is 1. The number of rotatable bonds is 3. The summed E-state index contributed by atoms with van der Waals surface area (Å²) in [5, 5.41) is 3.22. The van der Waals surface area contributed by atoms with Crippen molar-refractivity contribution < 1.29 is 9.59 Å². The Morgan fingerprint density at radius 1 is 1.10 bits per heavy atom. The van der Waals surface area contributed by atoms with Gasteiger partial charge in [0, 0.05) is 5.69 Å². The number of amides is 2. The first-order valence-electron chi connectivity index (χ1n) is 7.39. The number of anilines is 1. The molecule has 1 fully saturated rings. The molecular formula is C17H20N2O2. The Kier molecular flexibility index (Phi) is 3.53. The van der Waals surface area contributed by atoms with E-state index in [0.29, 0.717) is 12.8 Å². The number of imide groups is 1. The van der Waals surface area contributed by atoms with Gasteiger partial charge in [-0.25, -0.2) is 0 Å². The van der Waals surface area contributed by atoms with Crippen molar-refractivity contribution in [1.29, 1.82) is 0 Å². The maximum Gasteiger partial charge on any atom is 0.234 e. The van der Waals surface area contributed by atoms with Crippen LogP contribution in [0.3, 0.4) is 0 Å². The van der Waals surface area contributed by atoms with Crippen molar-refractivity contribution in [1.82, 2.24) is 4.90 Å². The first kappa shape index (κ1) is 13.9. The van der Waals surface area contributed by atoms with E-state index in [-0.39, 0.29) is 30.3 Å². The molecule has 1 aliphatic heterocycles. The minimum Gasteiger partial charge on any atom is -0.367 e. The first-order valence-corrected chi connectivity index (χ1v) is 7.39. The molecule has 3 rings (SSSR count). The first-order chi connectivity index (χ1) is 10.1. The Morgan fingerprint density at radius 2 is 1.71 bits per heavy atom. The highest BCUT2D eigenvalue weighted by atomic mass is 16.2. The standard InChI is InChI=1S/C17H20N2O2/c1-11-7-8-15(12(2)9-11)18-10-19-16(20)13-5-3-4-6-14(13)17(19)21/h3-4,7-9,13-14,18H,5-6,10H2,1-2H3/t13-,14+. The number of hydrogen-bond donors (Lipinski definition) is 1. The van der Waals surface area contributed by atoms with Crippen LogP contribution in [0.25, 0.3) is 0 Å². The van der Waals surface area contributed by atoms with Gasteiger partial charge in [-0.3, -0.25) is 14.5 Å². The number of hydrogen-bond acceptors (Lipinski definition) is 3. The van der Waals surface area contributed by atoms with Crippen molar-refractivity contribution in [2.75, 3.05) is 12.0 Å². The van der Waals surface area contributed by atoms with Crippen LogP contribution in [-0.4, -0.2) is 23.4 Å². The zero-order chi connectivity index (χ0) is 15.0. The molecule has 2 atom stereocenters. The van der Waals surface area contributed by atoms with Crippen LogP contribution in [0, 0.1) is 25.7 Å². The monoisotopic (exact) mass is 284 g/mol. The van der Waals surface area contributed by atoms with Gasteiger partial charge < -0.3 is 5.32 Å². The molecule has 4 heteroatoms. The Morgan fingerprint density at radius 3 is 2.29 bits per heavy atom. The molecule has 0 bridgehead atoms. The van der Waals surface area contributed by atoms with Crippen LogP contribution in [-0.2, 0) is 9.59 Å². The highest BCUT2D eigenvalue weighted by Crippen LogP contribution is 2.34. The Balaban J connectivity index is 1.71. The average Bonchev–Trinajstić information content (AvgIpc) is 2.71. The molecule has 0 unspecified atom stereocenters. The lowest BCUT2D eigenvalue weighted by Crippen LogP contribution is -2.35. The molecule has 1 heterocycles. The van der Waals surface area contributed by atoms with E-state index in [1.54, 1.807) is 0 Å². The minimum atomic E-state index is -0.150. The van der Waals surface area contributed by atoms with Crippen LogP contribution >= 0.6 is 0 Å². The van der Waals surface area contributed by atoms with Gasteiger partial charge in [0.25, 0.3) is 0 Å². The fourth-order valence-electron chi connectivity index (χ4n) is 3.20. The van der Waals surface area contributed by atoms with Crippen LogP contribution in [0.2, 0.25) is 0 Å². The van der Waals surface area contributed by atoms with Crippen molar-refractivity contribution in [2.45, 2.75) is 26.7 Å². The quantitative estimate of drug-likeness (QED) is 0.685. The van der Waals surface area contributed by atoms with Crippen LogP contribution in [0.5, 0.6) is 0 Å². The molecule has 0 spiro atoms. The average molecular weight is 284 g/mol. The van der Waals surface area contributed by atoms with Crippen molar-refractivity contribution in [3.05, 3.63) is 41.5 Å². The number of fused-ring (bicyclic) bond motifs is 1. The van der Waals surface area contributed by atoms with Crippen molar-refractivity contribution in [2.24, 2.45) is 11.8 Å². The van der Waals surface area contributed by atoms with E-state index in [9.17, 15) is 9.59 Å². The highest BCUT2D eigenvalue weighted by molar-refractivity contribution is 6.05. The molecule has 21 heavy (non-hydrogen) atoms. The van der Waals surface area contributed by atoms with Gasteiger partial charge in [-0.15, -0.1) is 0 Å². The second-order valence-electron chi connectivity index (χ2n) is 5.91. The smallest absolute Gasteiger partial charge is 0.234 e. The summed E-state index contributed by atoms with van der Waals surface area (Å²) < 4.78 is 0. The predicted molar refractivity (Wildman–Crippen MR) is 81.6 cm³/mol. The normalized spacial score (nSPS) is 24.4. The summed E-state index contributed by atoms with van der Waals surface area (Å²) in [7, 11) is 0. The number of likely N-dealkylation sites (tertiary alicyclic amines) is 1. The molecule has 2 amide bonds. The maximum atomic E-state index is 12.3. The molecule has 110 valence electrons. The maximum absolute atomic E-state index is 12.3. The zero-order valence-corrected chi connectivity index (χ0v) is 12.4. The van der Waals surface area contributed by atoms with Crippen molar-refractivity contribution in [3.63, 3.8) is 0 Å². The molecule has 1 aromatic carbocycles. The molecule has 4 nitrogen and oxygen atoms in total. The predicted octanol–water partition coefficient (Wildman–Crippen LogP) is 2.62. The molecule has 1 aliphatic carbocycles. The second-order valence-corrected chi connectivity index (χ2v) is 5.91. The number of nitrogens with one attached hydrogen (secondary N) is 1. The van der Waals surface area contributed by atoms with Gasteiger partial charge in [-0.2, -0.15) is 0 Å². The topological polar surface area (TPSA) is 49.4 Å². The summed E-state index contributed by atoms with van der Waals surface area (Å²) in [6, 6.07) is 6.09. The van der Waals surface area contributed by atoms with Crippen molar-refractivity contribution in [3.8, 4) is 0 Å². The fourth-order valence-corrected chi connectivity index (χ4v) is 3.20. The van der Waals surface area contributed by atoms with Gasteiger partial charge in [0.05, 0.1) is 18.5 Å². The number of carbonyl (C=O) groups excluding carboxylic acids is 2. The lowest BCUT2D eigenvalue weighted by atomic mass is 9.85. The molecular weight excluding hydrogens is 264 g/mol. The molecule has 0 saturated carbocycles. The number of allylic oxidation sites excluding steroid dienone is 2. The molecule has 2 aliphatic rings. The van der Waals surface area contributed by atoms with Crippen molar-refractivity contribution >= 4 is 17.5 Å². The van der Waals surface area contributed by atoms with E-state index in [1.807, 2.05) is 38.1 Å². The Bertz CT molecular complexity index is 595. The molecule has 1 saturated heterocycles. The third-order valence-electron chi connectivity index (χ3n) is 4.41. The number of aryl methyl sites for hydroxylation is 2. The van der Waals surface area contributed by atoms with E-state index in [1.165, 1.54) is 10.5 Å². The summed E-state index contributed by atoms with van der Waals surface area (Å²) in [4.78, 5) is 26.1. The minimum absolute atomic E-state index is 0.0355. The SMILES string of the molecule is Cc1ccc(NCN2C(=O)[C@H]3CC=CC[C@H]3C2=O)c(C)c1. The Labute approximate surface area is 124 Å². The zero-order valence-electron chi connectivity index (χ0n) is 12.4. The van der Waals surface area contributed by atoms with E-state index >= 15 is 0 Å². The van der Waals surface area contributed by atoms with Gasteiger partial charge in [0.2, 0.25) is 11.8 Å². The van der Waals surface area contributed by atoms with E-state index in [4.69, 9.17) is 0 Å². The summed E-state index contributed by atoms with van der Waals surface area (Å²) in [5.41, 5.74) is 3.28. The van der Waals surface area contributed by atoms with E-state index < -0.39 is 0 Å². The van der Waals surface area contributed by atoms with Gasteiger partial charge >= 0.3 is 0 Å². The van der Waals surface area contributed by atoms with Crippen LogP contribution in [0.1, 0.15) is 24.0 Å². The third-order valence-corrected chi connectivity index (χ3v) is 4.41. The molecule has 0 radical (unpaired) electrons. The summed E-state index contributed by atoms with van der Waals surface area (Å²) in [6.45, 7) is 4.32. The van der Waals surface area contributed by atoms with E-state index in [0.717, 1.165) is 11.3 Å². The number of benzene rings is 1. The lowest BCUT2D eigenvalue weighted by Gasteiger charge is -2.17. The lowest BCUT2D eigenvalue weighted by molar-refractivity contribution is -0.139. The largest absolute Gasteiger partial charge is 0.367 e. The van der Waals surface area contributed by atoms with Gasteiger partial charge in [0.1, 0.15) is 0 Å². The summed E-state index contributed by atoms with van der Waals surface area (Å²) in [5.74, 6) is -0.370. The molecule has 1 aromatic rings. The van der Waals surface area contributed by atoms with Gasteiger partial charge in [-0.1, -0.05) is 29.8 Å². The molecule has 0 aromatic heterocycles. The number of carbonyl (C=O) groups is 2. The van der Waals surface area contributed by atoms with Crippen LogP contribution in [0.15, 0.2) is 30.4 Å². The van der Waals surface area contributed by atoms with Crippen LogP contribution < -0.4 is 5.32 Å². The van der Waals surface area contributed by atoms with Crippen LogP contribution in [0.4, 0.5) is 5.69 Å². The molecule has 1 N–H and O–H groups in total. The summed E-state index contributed by atoms with van der Waals surface area (Å²) in [6.07, 6.45) is 5.39. The summed E-state index contributed by atoms with van der Waals surface area (Å²) >= 11 is 0. The van der Waals surface area contributed by atoms with Gasteiger partial charge in [0.15, 0.2) is 0 Å². The Hall–Kier alpha value is -2.10. The highest BCUT2D eigenvalue weighted by Gasteiger charge is 2.46. The fraction of sp³-hybridized carbons (Fsp3) is 0.412. The van der Waals surface area contributed by atoms with Gasteiger partial charge in [-0.05, 0) is 38.3 Å². The second kappa shape index (κ2) is 5.35. The third kappa shape index (κ3) is 2.46.